The highest BCUT2D eigenvalue weighted by Crippen LogP contribution is 2.35. The molecule has 0 fully saturated rings. The maximum Gasteiger partial charge on any atom is 0.373 e. The summed E-state index contributed by atoms with van der Waals surface area (Å²) in [5, 5.41) is 14.5. The number of hydrogen-bond donors (Lipinski definition) is 1. The molecule has 0 amide bonds. The molecule has 3 aromatic rings. The molecule has 132 valence electrons. The van der Waals surface area contributed by atoms with E-state index in [0.29, 0.717) is 11.6 Å². The van der Waals surface area contributed by atoms with Crippen LogP contribution in [0.3, 0.4) is 0 Å². The van der Waals surface area contributed by atoms with E-state index in [2.05, 4.69) is 20.3 Å². The Balaban J connectivity index is 1.95. The van der Waals surface area contributed by atoms with E-state index in [1.165, 1.54) is 6.33 Å². The summed E-state index contributed by atoms with van der Waals surface area (Å²) < 4.78 is 5.63. The van der Waals surface area contributed by atoms with Crippen molar-refractivity contribution in [1.82, 2.24) is 15.0 Å². The normalized spacial score (nSPS) is 10.4. The van der Waals surface area contributed by atoms with E-state index in [1.54, 1.807) is 24.4 Å². The summed E-state index contributed by atoms with van der Waals surface area (Å²) in [5.41, 5.74) is 1.62. The number of nitrogens with zero attached hydrogens (tertiary/aromatic N) is 4. The minimum Gasteiger partial charge on any atom is -0.434 e. The van der Waals surface area contributed by atoms with Crippen molar-refractivity contribution in [3.8, 4) is 11.6 Å². The van der Waals surface area contributed by atoms with Crippen LogP contribution in [0.1, 0.15) is 18.1 Å². The average Bonchev–Trinajstić information content (AvgIpc) is 2.64. The topological polar surface area (TPSA) is 103 Å². The Bertz CT molecular complexity index is 928. The van der Waals surface area contributed by atoms with Gasteiger partial charge in [0.2, 0.25) is 5.82 Å². The van der Waals surface area contributed by atoms with Crippen molar-refractivity contribution in [1.29, 1.82) is 0 Å². The van der Waals surface area contributed by atoms with Gasteiger partial charge in [0.05, 0.1) is 4.92 Å². The van der Waals surface area contributed by atoms with Gasteiger partial charge in [0.25, 0.3) is 0 Å². The van der Waals surface area contributed by atoms with E-state index in [4.69, 9.17) is 4.74 Å². The molecule has 0 radical (unpaired) electrons. The fraction of sp³-hybridized carbons (Fsp3) is 0.167. The summed E-state index contributed by atoms with van der Waals surface area (Å²) in [6, 6.07) is 10.9. The third kappa shape index (κ3) is 3.75. The van der Waals surface area contributed by atoms with Crippen molar-refractivity contribution in [2.45, 2.75) is 20.3 Å². The van der Waals surface area contributed by atoms with Crippen molar-refractivity contribution in [2.75, 3.05) is 5.32 Å². The van der Waals surface area contributed by atoms with Crippen LogP contribution in [0, 0.1) is 17.0 Å². The van der Waals surface area contributed by atoms with Gasteiger partial charge in [-0.25, -0.2) is 9.97 Å². The number of nitro groups is 1. The average molecular weight is 351 g/mol. The van der Waals surface area contributed by atoms with Crippen molar-refractivity contribution in [2.24, 2.45) is 0 Å². The Morgan fingerprint density at radius 3 is 2.54 bits per heavy atom. The van der Waals surface area contributed by atoms with Crippen LogP contribution in [-0.2, 0) is 6.42 Å². The van der Waals surface area contributed by atoms with Crippen molar-refractivity contribution in [3.63, 3.8) is 0 Å². The summed E-state index contributed by atoms with van der Waals surface area (Å²) in [6.07, 6.45) is 3.70. The van der Waals surface area contributed by atoms with Crippen molar-refractivity contribution in [3.05, 3.63) is 70.2 Å². The fourth-order valence-corrected chi connectivity index (χ4v) is 2.33. The Kier molecular flexibility index (Phi) is 5.02. The first-order valence-electron chi connectivity index (χ1n) is 8.03. The van der Waals surface area contributed by atoms with Gasteiger partial charge in [-0.3, -0.25) is 10.1 Å². The lowest BCUT2D eigenvalue weighted by molar-refractivity contribution is -0.385. The van der Waals surface area contributed by atoms with Crippen LogP contribution in [-0.4, -0.2) is 19.9 Å². The van der Waals surface area contributed by atoms with Crippen LogP contribution in [0.2, 0.25) is 0 Å². The first-order chi connectivity index (χ1) is 12.6. The van der Waals surface area contributed by atoms with E-state index in [-0.39, 0.29) is 17.4 Å². The number of nitrogens with one attached hydrogen (secondary N) is 1. The number of aryl methyl sites for hydroxylation is 2. The minimum absolute atomic E-state index is 0.0204. The Morgan fingerprint density at radius 1 is 1.12 bits per heavy atom. The monoisotopic (exact) mass is 351 g/mol. The molecule has 0 saturated heterocycles. The van der Waals surface area contributed by atoms with Gasteiger partial charge in [-0.1, -0.05) is 25.1 Å². The largest absolute Gasteiger partial charge is 0.434 e. The number of aromatic nitrogens is 3. The molecule has 0 unspecified atom stereocenters. The summed E-state index contributed by atoms with van der Waals surface area (Å²) in [7, 11) is 0. The molecule has 0 spiro atoms. The van der Waals surface area contributed by atoms with Gasteiger partial charge in [-0.05, 0) is 42.7 Å². The second kappa shape index (κ2) is 7.56. The third-order valence-electron chi connectivity index (χ3n) is 3.76. The zero-order valence-corrected chi connectivity index (χ0v) is 14.3. The highest BCUT2D eigenvalue weighted by Gasteiger charge is 2.25. The Labute approximate surface area is 150 Å². The number of pyridine rings is 1. The number of benzene rings is 1. The molecule has 0 bridgehead atoms. The first-order valence-corrected chi connectivity index (χ1v) is 8.03. The van der Waals surface area contributed by atoms with Crippen LogP contribution in [0.25, 0.3) is 0 Å². The first kappa shape index (κ1) is 17.3. The zero-order valence-electron chi connectivity index (χ0n) is 14.3. The van der Waals surface area contributed by atoms with E-state index in [1.807, 2.05) is 32.0 Å². The molecule has 0 aliphatic carbocycles. The lowest BCUT2D eigenvalue weighted by Crippen LogP contribution is -2.05. The molecule has 1 N–H and O–H groups in total. The molecule has 2 aromatic heterocycles. The minimum atomic E-state index is -0.573. The molecule has 3 rings (SSSR count). The number of rotatable bonds is 6. The van der Waals surface area contributed by atoms with Crippen LogP contribution < -0.4 is 10.1 Å². The number of ether oxygens (including phenoxy) is 1. The van der Waals surface area contributed by atoms with Gasteiger partial charge >= 0.3 is 11.6 Å². The predicted octanol–water partition coefficient (Wildman–Crippen LogP) is 4.19. The SMILES string of the molecule is CCc1ccc(Oc2ncnc(Nc3ncccc3C)c2[N+](=O)[O-])cc1. The van der Waals surface area contributed by atoms with Crippen molar-refractivity contribution < 1.29 is 9.66 Å². The molecule has 0 saturated carbocycles. The summed E-state index contributed by atoms with van der Waals surface area (Å²) in [6.45, 7) is 3.89. The second-order valence-electron chi connectivity index (χ2n) is 5.53. The molecule has 26 heavy (non-hydrogen) atoms. The van der Waals surface area contributed by atoms with Gasteiger partial charge in [-0.15, -0.1) is 0 Å². The van der Waals surface area contributed by atoms with Gasteiger partial charge < -0.3 is 10.1 Å². The Hall–Kier alpha value is -3.55. The summed E-state index contributed by atoms with van der Waals surface area (Å²) >= 11 is 0. The maximum atomic E-state index is 11.6. The summed E-state index contributed by atoms with van der Waals surface area (Å²) in [4.78, 5) is 23.1. The molecule has 0 aliphatic heterocycles. The number of hydrogen-bond acceptors (Lipinski definition) is 7. The van der Waals surface area contributed by atoms with E-state index < -0.39 is 4.92 Å². The van der Waals surface area contributed by atoms with Gasteiger partial charge in [0.1, 0.15) is 17.9 Å². The van der Waals surface area contributed by atoms with Crippen LogP contribution in [0.4, 0.5) is 17.3 Å². The molecule has 1 aromatic carbocycles. The fourth-order valence-electron chi connectivity index (χ4n) is 2.33. The molecule has 8 nitrogen and oxygen atoms in total. The van der Waals surface area contributed by atoms with Crippen LogP contribution >= 0.6 is 0 Å². The maximum absolute atomic E-state index is 11.6. The molecule has 0 atom stereocenters. The van der Waals surface area contributed by atoms with E-state index in [0.717, 1.165) is 17.5 Å². The Morgan fingerprint density at radius 2 is 1.88 bits per heavy atom. The smallest absolute Gasteiger partial charge is 0.373 e. The van der Waals surface area contributed by atoms with Gasteiger partial charge in [0.15, 0.2) is 0 Å². The highest BCUT2D eigenvalue weighted by molar-refractivity contribution is 5.68. The molecular weight excluding hydrogens is 334 g/mol. The molecule has 0 aliphatic rings. The van der Waals surface area contributed by atoms with E-state index in [9.17, 15) is 10.1 Å². The summed E-state index contributed by atoms with van der Waals surface area (Å²) in [5.74, 6) is 0.828. The highest BCUT2D eigenvalue weighted by atomic mass is 16.6. The standard InChI is InChI=1S/C18H17N5O3/c1-3-13-6-8-14(9-7-13)26-18-15(23(24)25)17(20-11-21-18)22-16-12(2)5-4-10-19-16/h4-11H,3H2,1-2H3,(H,19,20,21,22). The van der Waals surface area contributed by atoms with Crippen LogP contribution in [0.15, 0.2) is 48.9 Å². The van der Waals surface area contributed by atoms with E-state index >= 15 is 0 Å². The number of anilines is 2. The molecule has 8 heteroatoms. The van der Waals surface area contributed by atoms with Crippen LogP contribution in [0.5, 0.6) is 11.6 Å². The molecule has 2 heterocycles. The zero-order chi connectivity index (χ0) is 18.5. The lowest BCUT2D eigenvalue weighted by Gasteiger charge is -2.10. The van der Waals surface area contributed by atoms with Gasteiger partial charge in [-0.2, -0.15) is 4.98 Å². The van der Waals surface area contributed by atoms with Gasteiger partial charge in [0, 0.05) is 6.20 Å². The third-order valence-corrected chi connectivity index (χ3v) is 3.76. The lowest BCUT2D eigenvalue weighted by atomic mass is 10.2. The second-order valence-corrected chi connectivity index (χ2v) is 5.53. The molecular formula is C18H17N5O3. The quantitative estimate of drug-likeness (QED) is 0.524. The predicted molar refractivity (Wildman–Crippen MR) is 96.8 cm³/mol. The van der Waals surface area contributed by atoms with Crippen molar-refractivity contribution >= 4 is 17.3 Å².